The molecule has 1 aliphatic rings. The Morgan fingerprint density at radius 3 is 2.84 bits per heavy atom. The number of hydrogen-bond acceptors (Lipinski definition) is 3. The SMILES string of the molecule is CCCOc1ccc(Br)cc1CNCC1(SC)CC1. The van der Waals surface area contributed by atoms with E-state index in [1.165, 1.54) is 18.4 Å². The average Bonchev–Trinajstić information content (AvgIpc) is 3.18. The molecule has 1 fully saturated rings. The van der Waals surface area contributed by atoms with E-state index in [1.807, 2.05) is 17.8 Å². The third kappa shape index (κ3) is 4.40. The first-order valence-corrected chi connectivity index (χ1v) is 8.88. The Labute approximate surface area is 128 Å². The lowest BCUT2D eigenvalue weighted by molar-refractivity contribution is 0.313. The lowest BCUT2D eigenvalue weighted by Crippen LogP contribution is -2.25. The summed E-state index contributed by atoms with van der Waals surface area (Å²) in [5, 5.41) is 3.58. The summed E-state index contributed by atoms with van der Waals surface area (Å²) in [6, 6.07) is 6.24. The van der Waals surface area contributed by atoms with Crippen LogP contribution in [0.3, 0.4) is 0 Å². The molecule has 0 radical (unpaired) electrons. The number of hydrogen-bond donors (Lipinski definition) is 1. The minimum atomic E-state index is 0.510. The second-order valence-corrected chi connectivity index (χ2v) is 7.28. The van der Waals surface area contributed by atoms with Crippen LogP contribution in [0, 0.1) is 0 Å². The Morgan fingerprint density at radius 2 is 2.21 bits per heavy atom. The molecular weight excluding hydrogens is 322 g/mol. The molecule has 0 aliphatic heterocycles. The van der Waals surface area contributed by atoms with Crippen LogP contribution in [-0.4, -0.2) is 24.2 Å². The quantitative estimate of drug-likeness (QED) is 0.763. The van der Waals surface area contributed by atoms with Crippen molar-refractivity contribution in [3.8, 4) is 5.75 Å². The normalized spacial score (nSPS) is 16.4. The van der Waals surface area contributed by atoms with Crippen molar-refractivity contribution in [2.45, 2.75) is 37.5 Å². The van der Waals surface area contributed by atoms with Crippen molar-refractivity contribution in [2.75, 3.05) is 19.4 Å². The number of benzene rings is 1. The Kier molecular flexibility index (Phi) is 5.60. The van der Waals surface area contributed by atoms with Crippen molar-refractivity contribution in [1.82, 2.24) is 5.32 Å². The van der Waals surface area contributed by atoms with Crippen molar-refractivity contribution in [3.63, 3.8) is 0 Å². The van der Waals surface area contributed by atoms with E-state index in [9.17, 15) is 0 Å². The first-order chi connectivity index (χ1) is 9.19. The molecule has 1 aromatic rings. The third-order valence-corrected chi connectivity index (χ3v) is 5.40. The second kappa shape index (κ2) is 7.00. The van der Waals surface area contributed by atoms with Crippen LogP contribution in [0.25, 0.3) is 0 Å². The summed E-state index contributed by atoms with van der Waals surface area (Å²) < 4.78 is 7.42. The smallest absolute Gasteiger partial charge is 0.123 e. The molecule has 1 aliphatic carbocycles. The molecule has 0 heterocycles. The molecule has 0 bridgehead atoms. The van der Waals surface area contributed by atoms with Crippen molar-refractivity contribution < 1.29 is 4.74 Å². The molecule has 1 aromatic carbocycles. The van der Waals surface area contributed by atoms with E-state index < -0.39 is 0 Å². The summed E-state index contributed by atoms with van der Waals surface area (Å²) in [6.45, 7) is 4.88. The topological polar surface area (TPSA) is 21.3 Å². The molecule has 1 N–H and O–H groups in total. The summed E-state index contributed by atoms with van der Waals surface area (Å²) in [5.41, 5.74) is 1.24. The standard InChI is InChI=1S/C15H22BrNOS/c1-3-8-18-14-5-4-13(16)9-12(14)10-17-11-15(19-2)6-7-15/h4-5,9,17H,3,6-8,10-11H2,1-2H3. The zero-order valence-corrected chi connectivity index (χ0v) is 14.1. The Hall–Kier alpha value is -0.190. The van der Waals surface area contributed by atoms with Crippen molar-refractivity contribution in [3.05, 3.63) is 28.2 Å². The van der Waals surface area contributed by atoms with Crippen LogP contribution in [0.4, 0.5) is 0 Å². The number of rotatable bonds is 8. The van der Waals surface area contributed by atoms with Crippen LogP contribution in [0.1, 0.15) is 31.7 Å². The van der Waals surface area contributed by atoms with Gasteiger partial charge in [-0.05, 0) is 43.7 Å². The van der Waals surface area contributed by atoms with Crippen LogP contribution in [0.2, 0.25) is 0 Å². The van der Waals surface area contributed by atoms with Gasteiger partial charge < -0.3 is 10.1 Å². The van der Waals surface area contributed by atoms with Gasteiger partial charge in [0.25, 0.3) is 0 Å². The van der Waals surface area contributed by atoms with Gasteiger partial charge in [-0.25, -0.2) is 0 Å². The largest absolute Gasteiger partial charge is 0.493 e. The average molecular weight is 344 g/mol. The Morgan fingerprint density at radius 1 is 1.42 bits per heavy atom. The molecule has 0 saturated heterocycles. The predicted molar refractivity (Wildman–Crippen MR) is 87.1 cm³/mol. The van der Waals surface area contributed by atoms with Crippen LogP contribution in [0.15, 0.2) is 22.7 Å². The van der Waals surface area contributed by atoms with E-state index in [2.05, 4.69) is 46.6 Å². The molecule has 0 amide bonds. The van der Waals surface area contributed by atoms with Gasteiger partial charge in [-0.3, -0.25) is 0 Å². The Balaban J connectivity index is 1.91. The van der Waals surface area contributed by atoms with E-state index in [0.29, 0.717) is 4.75 Å². The van der Waals surface area contributed by atoms with Crippen LogP contribution in [0.5, 0.6) is 5.75 Å². The van der Waals surface area contributed by atoms with E-state index in [-0.39, 0.29) is 0 Å². The molecule has 0 atom stereocenters. The number of halogens is 1. The molecular formula is C15H22BrNOS. The van der Waals surface area contributed by atoms with Gasteiger partial charge in [0, 0.05) is 27.9 Å². The molecule has 19 heavy (non-hydrogen) atoms. The monoisotopic (exact) mass is 343 g/mol. The fraction of sp³-hybridized carbons (Fsp3) is 0.600. The highest BCUT2D eigenvalue weighted by Crippen LogP contribution is 2.46. The van der Waals surface area contributed by atoms with Crippen LogP contribution >= 0.6 is 27.7 Å². The molecule has 0 aromatic heterocycles. The van der Waals surface area contributed by atoms with Gasteiger partial charge in [-0.15, -0.1) is 0 Å². The van der Waals surface area contributed by atoms with Gasteiger partial charge in [0.1, 0.15) is 5.75 Å². The Bertz CT molecular complexity index is 421. The van der Waals surface area contributed by atoms with E-state index in [4.69, 9.17) is 4.74 Å². The maximum Gasteiger partial charge on any atom is 0.123 e. The summed E-state index contributed by atoms with van der Waals surface area (Å²) in [5.74, 6) is 1.01. The molecule has 2 nitrogen and oxygen atoms in total. The lowest BCUT2D eigenvalue weighted by Gasteiger charge is -2.15. The van der Waals surface area contributed by atoms with Crippen molar-refractivity contribution in [2.24, 2.45) is 0 Å². The zero-order valence-electron chi connectivity index (χ0n) is 11.7. The molecule has 4 heteroatoms. The number of ether oxygens (including phenoxy) is 1. The van der Waals surface area contributed by atoms with Gasteiger partial charge in [0.15, 0.2) is 0 Å². The van der Waals surface area contributed by atoms with Gasteiger partial charge in [-0.2, -0.15) is 11.8 Å². The van der Waals surface area contributed by atoms with Crippen LogP contribution in [-0.2, 0) is 6.54 Å². The summed E-state index contributed by atoms with van der Waals surface area (Å²) in [6.07, 6.45) is 5.94. The summed E-state index contributed by atoms with van der Waals surface area (Å²) in [4.78, 5) is 0. The molecule has 0 spiro atoms. The molecule has 1 saturated carbocycles. The maximum absolute atomic E-state index is 5.80. The third-order valence-electron chi connectivity index (χ3n) is 3.49. The van der Waals surface area contributed by atoms with Gasteiger partial charge >= 0.3 is 0 Å². The zero-order chi connectivity index (χ0) is 13.7. The lowest BCUT2D eigenvalue weighted by atomic mass is 10.2. The van der Waals surface area contributed by atoms with Crippen LogP contribution < -0.4 is 10.1 Å². The van der Waals surface area contributed by atoms with Crippen molar-refractivity contribution >= 4 is 27.7 Å². The minimum Gasteiger partial charge on any atom is -0.493 e. The van der Waals surface area contributed by atoms with Gasteiger partial charge in [-0.1, -0.05) is 22.9 Å². The number of nitrogens with one attached hydrogen (secondary N) is 1. The fourth-order valence-corrected chi connectivity index (χ4v) is 3.22. The minimum absolute atomic E-state index is 0.510. The highest BCUT2D eigenvalue weighted by Gasteiger charge is 2.41. The van der Waals surface area contributed by atoms with E-state index >= 15 is 0 Å². The summed E-state index contributed by atoms with van der Waals surface area (Å²) >= 11 is 5.53. The first-order valence-electron chi connectivity index (χ1n) is 6.86. The van der Waals surface area contributed by atoms with E-state index in [0.717, 1.165) is 36.3 Å². The highest BCUT2D eigenvalue weighted by atomic mass is 79.9. The van der Waals surface area contributed by atoms with Gasteiger partial charge in [0.05, 0.1) is 6.61 Å². The summed E-state index contributed by atoms with van der Waals surface area (Å²) in [7, 11) is 0. The predicted octanol–water partition coefficient (Wildman–Crippen LogP) is 4.22. The highest BCUT2D eigenvalue weighted by molar-refractivity contribution is 9.10. The van der Waals surface area contributed by atoms with Crippen molar-refractivity contribution in [1.29, 1.82) is 0 Å². The maximum atomic E-state index is 5.80. The van der Waals surface area contributed by atoms with Gasteiger partial charge in [0.2, 0.25) is 0 Å². The first kappa shape index (κ1) is 15.2. The molecule has 2 rings (SSSR count). The second-order valence-electron chi connectivity index (χ2n) is 5.09. The fourth-order valence-electron chi connectivity index (χ4n) is 2.06. The van der Waals surface area contributed by atoms with E-state index in [1.54, 1.807) is 0 Å². The molecule has 0 unspecified atom stereocenters. The number of thioether (sulfide) groups is 1. The molecule has 106 valence electrons.